The zero-order chi connectivity index (χ0) is 14.5. The molecule has 1 heterocycles. The molecule has 0 unspecified atom stereocenters. The van der Waals surface area contributed by atoms with Crippen molar-refractivity contribution < 1.29 is 17.2 Å². The van der Waals surface area contributed by atoms with Crippen LogP contribution in [0.4, 0.5) is 8.78 Å². The van der Waals surface area contributed by atoms with Crippen molar-refractivity contribution in [3.8, 4) is 0 Å². The lowest BCUT2D eigenvalue weighted by atomic mass is 10.3. The minimum absolute atomic E-state index is 0.0824. The van der Waals surface area contributed by atoms with Crippen LogP contribution in [0.25, 0.3) is 0 Å². The molecule has 0 aromatic carbocycles. The van der Waals surface area contributed by atoms with Crippen molar-refractivity contribution in [2.45, 2.75) is 37.4 Å². The van der Waals surface area contributed by atoms with Crippen molar-refractivity contribution in [3.05, 3.63) is 16.5 Å². The van der Waals surface area contributed by atoms with Gasteiger partial charge >= 0.3 is 0 Å². The number of hydrogen-bond donors (Lipinski definition) is 2. The van der Waals surface area contributed by atoms with Gasteiger partial charge in [0, 0.05) is 11.4 Å². The normalized spacial score (nSPS) is 12.3. The van der Waals surface area contributed by atoms with Gasteiger partial charge in [-0.05, 0) is 31.5 Å². The van der Waals surface area contributed by atoms with Crippen LogP contribution >= 0.6 is 11.3 Å². The maximum absolute atomic E-state index is 12.0. The van der Waals surface area contributed by atoms with Crippen LogP contribution in [0.3, 0.4) is 0 Å². The van der Waals surface area contributed by atoms with Gasteiger partial charge in [-0.1, -0.05) is 6.92 Å². The van der Waals surface area contributed by atoms with E-state index in [0.29, 0.717) is 6.54 Å². The Kier molecular flexibility index (Phi) is 6.31. The molecule has 2 N–H and O–H groups in total. The lowest BCUT2D eigenvalue weighted by molar-refractivity contribution is 0.153. The van der Waals surface area contributed by atoms with E-state index in [9.17, 15) is 17.2 Å². The highest BCUT2D eigenvalue weighted by Gasteiger charge is 2.20. The van der Waals surface area contributed by atoms with E-state index in [0.717, 1.165) is 34.7 Å². The Labute approximate surface area is 116 Å². The van der Waals surface area contributed by atoms with Gasteiger partial charge in [0.1, 0.15) is 4.21 Å². The van der Waals surface area contributed by atoms with Gasteiger partial charge in [-0.15, -0.1) is 11.3 Å². The van der Waals surface area contributed by atoms with Gasteiger partial charge in [0.05, 0.1) is 6.54 Å². The van der Waals surface area contributed by atoms with Gasteiger partial charge in [0.15, 0.2) is 0 Å². The first kappa shape index (κ1) is 16.5. The van der Waals surface area contributed by atoms with Crippen molar-refractivity contribution in [2.75, 3.05) is 13.1 Å². The molecule has 0 aliphatic rings. The van der Waals surface area contributed by atoms with Crippen LogP contribution in [0.5, 0.6) is 0 Å². The van der Waals surface area contributed by atoms with Gasteiger partial charge in [-0.2, -0.15) is 0 Å². The summed E-state index contributed by atoms with van der Waals surface area (Å²) in [6.45, 7) is 4.44. The summed E-state index contributed by atoms with van der Waals surface area (Å²) in [5.74, 6) is 0. The Morgan fingerprint density at radius 3 is 2.68 bits per heavy atom. The van der Waals surface area contributed by atoms with Crippen LogP contribution in [0.2, 0.25) is 0 Å². The molecule has 0 saturated carbocycles. The van der Waals surface area contributed by atoms with E-state index >= 15 is 0 Å². The summed E-state index contributed by atoms with van der Waals surface area (Å²) in [5.41, 5.74) is 0.853. The fourth-order valence-corrected chi connectivity index (χ4v) is 4.03. The molecule has 0 amide bonds. The van der Waals surface area contributed by atoms with E-state index in [1.807, 2.05) is 18.6 Å². The highest BCUT2D eigenvalue weighted by molar-refractivity contribution is 7.91. The summed E-state index contributed by atoms with van der Waals surface area (Å²) in [6, 6.07) is 1.52. The maximum atomic E-state index is 12.0. The molecule has 0 atom stereocenters. The van der Waals surface area contributed by atoms with Crippen LogP contribution in [0.15, 0.2) is 10.3 Å². The third kappa shape index (κ3) is 5.13. The monoisotopic (exact) mass is 312 g/mol. The fourth-order valence-electron chi connectivity index (χ4n) is 1.42. The third-order valence-electron chi connectivity index (χ3n) is 2.40. The number of hydrogen-bond acceptors (Lipinski definition) is 4. The molecular weight excluding hydrogens is 294 g/mol. The van der Waals surface area contributed by atoms with Gasteiger partial charge < -0.3 is 5.32 Å². The highest BCUT2D eigenvalue weighted by Crippen LogP contribution is 2.25. The van der Waals surface area contributed by atoms with E-state index in [4.69, 9.17) is 0 Å². The average molecular weight is 312 g/mol. The Hall–Kier alpha value is -0.570. The molecule has 0 bridgehead atoms. The molecule has 1 rings (SSSR count). The molecule has 19 heavy (non-hydrogen) atoms. The second-order valence-corrected chi connectivity index (χ2v) is 7.22. The summed E-state index contributed by atoms with van der Waals surface area (Å²) in [7, 11) is -3.83. The lowest BCUT2D eigenvalue weighted by Crippen LogP contribution is -2.28. The zero-order valence-electron chi connectivity index (χ0n) is 10.9. The highest BCUT2D eigenvalue weighted by atomic mass is 32.2. The van der Waals surface area contributed by atoms with E-state index < -0.39 is 23.0 Å². The van der Waals surface area contributed by atoms with Gasteiger partial charge in [0.25, 0.3) is 6.43 Å². The fraction of sp³-hybridized carbons (Fsp3) is 0.636. The number of nitrogens with one attached hydrogen (secondary N) is 2. The van der Waals surface area contributed by atoms with Gasteiger partial charge in [-0.3, -0.25) is 0 Å². The first-order valence-electron chi connectivity index (χ1n) is 5.94. The molecule has 0 aliphatic heterocycles. The van der Waals surface area contributed by atoms with Crippen molar-refractivity contribution in [3.63, 3.8) is 0 Å². The lowest BCUT2D eigenvalue weighted by Gasteiger charge is -2.03. The molecule has 0 radical (unpaired) electrons. The molecule has 1 aromatic rings. The summed E-state index contributed by atoms with van der Waals surface area (Å²) in [6.07, 6.45) is -1.70. The average Bonchev–Trinajstić information content (AvgIpc) is 2.70. The van der Waals surface area contributed by atoms with Crippen molar-refractivity contribution in [2.24, 2.45) is 0 Å². The first-order chi connectivity index (χ1) is 8.86. The Bertz CT molecular complexity index is 501. The standard InChI is InChI=1S/C11H18F2N2O2S2/c1-3-4-14-6-9-8(2)5-11(18-9)19(16,17)15-7-10(12)13/h5,10,14-15H,3-4,6-7H2,1-2H3. The Balaban J connectivity index is 2.76. The number of alkyl halides is 2. The molecular formula is C11H18F2N2O2S2. The van der Waals surface area contributed by atoms with Crippen molar-refractivity contribution in [1.29, 1.82) is 0 Å². The molecule has 0 fully saturated rings. The maximum Gasteiger partial charge on any atom is 0.251 e. The molecule has 4 nitrogen and oxygen atoms in total. The zero-order valence-corrected chi connectivity index (χ0v) is 12.5. The predicted octanol–water partition coefficient (Wildman–Crippen LogP) is 2.10. The summed E-state index contributed by atoms with van der Waals surface area (Å²) >= 11 is 1.11. The molecule has 110 valence electrons. The summed E-state index contributed by atoms with van der Waals surface area (Å²) in [4.78, 5) is 0.908. The number of halogens is 2. The van der Waals surface area contributed by atoms with Crippen molar-refractivity contribution >= 4 is 21.4 Å². The van der Waals surface area contributed by atoms with Crippen molar-refractivity contribution in [1.82, 2.24) is 10.0 Å². The number of sulfonamides is 1. The minimum atomic E-state index is -3.83. The minimum Gasteiger partial charge on any atom is -0.312 e. The van der Waals surface area contributed by atoms with Crippen LogP contribution in [0, 0.1) is 6.92 Å². The number of aryl methyl sites for hydroxylation is 1. The van der Waals surface area contributed by atoms with Crippen LogP contribution in [0.1, 0.15) is 23.8 Å². The van der Waals surface area contributed by atoms with E-state index in [2.05, 4.69) is 5.32 Å². The third-order valence-corrected chi connectivity index (χ3v) is 5.54. The van der Waals surface area contributed by atoms with Crippen LogP contribution in [-0.2, 0) is 16.6 Å². The van der Waals surface area contributed by atoms with Gasteiger partial charge in [-0.25, -0.2) is 21.9 Å². The summed E-state index contributed by atoms with van der Waals surface area (Å²) in [5, 5.41) is 3.18. The Morgan fingerprint density at radius 1 is 1.42 bits per heavy atom. The SMILES string of the molecule is CCCNCc1sc(S(=O)(=O)NCC(F)F)cc1C. The molecule has 0 spiro atoms. The molecule has 0 aliphatic carbocycles. The Morgan fingerprint density at radius 2 is 2.11 bits per heavy atom. The van der Waals surface area contributed by atoms with E-state index in [1.165, 1.54) is 6.07 Å². The largest absolute Gasteiger partial charge is 0.312 e. The van der Waals surface area contributed by atoms with Crippen LogP contribution in [-0.4, -0.2) is 27.9 Å². The number of rotatable bonds is 8. The predicted molar refractivity (Wildman–Crippen MR) is 72.2 cm³/mol. The number of thiophene rings is 1. The quantitative estimate of drug-likeness (QED) is 0.723. The van der Waals surface area contributed by atoms with E-state index in [1.54, 1.807) is 0 Å². The molecule has 0 saturated heterocycles. The second-order valence-electron chi connectivity index (χ2n) is 4.09. The molecule has 1 aromatic heterocycles. The topological polar surface area (TPSA) is 58.2 Å². The second kappa shape index (κ2) is 7.28. The summed E-state index contributed by atoms with van der Waals surface area (Å²) < 4.78 is 49.6. The molecule has 8 heteroatoms. The van der Waals surface area contributed by atoms with E-state index in [-0.39, 0.29) is 4.21 Å². The van der Waals surface area contributed by atoms with Crippen LogP contribution < -0.4 is 10.0 Å². The first-order valence-corrected chi connectivity index (χ1v) is 8.24. The smallest absolute Gasteiger partial charge is 0.251 e. The van der Waals surface area contributed by atoms with Gasteiger partial charge in [0.2, 0.25) is 10.0 Å².